The predicted octanol–water partition coefficient (Wildman–Crippen LogP) is 1.06. The zero-order valence-electron chi connectivity index (χ0n) is 8.64. The Morgan fingerprint density at radius 2 is 2.50 bits per heavy atom. The van der Waals surface area contributed by atoms with Crippen LogP contribution in [0.15, 0.2) is 22.8 Å². The molecule has 0 aliphatic carbocycles. The Morgan fingerprint density at radius 1 is 1.62 bits per heavy atom. The molecule has 0 saturated carbocycles. The van der Waals surface area contributed by atoms with Gasteiger partial charge in [0.05, 0.1) is 12.8 Å². The van der Waals surface area contributed by atoms with Crippen molar-refractivity contribution in [3.8, 4) is 0 Å². The fourth-order valence-corrected chi connectivity index (χ4v) is 2.22. The van der Waals surface area contributed by atoms with E-state index in [1.54, 1.807) is 23.3 Å². The van der Waals surface area contributed by atoms with E-state index in [2.05, 4.69) is 5.32 Å². The Bertz CT molecular complexity index is 377. The number of carbonyl (C=O) groups is 2. The summed E-state index contributed by atoms with van der Waals surface area (Å²) in [5.74, 6) is 1.31. The summed E-state index contributed by atoms with van der Waals surface area (Å²) in [5.41, 5.74) is 0. The predicted molar refractivity (Wildman–Crippen MR) is 60.0 cm³/mol. The monoisotopic (exact) mass is 240 g/mol. The maximum absolute atomic E-state index is 11.5. The molecule has 1 aliphatic rings. The first kappa shape index (κ1) is 11.1. The third-order valence-corrected chi connectivity index (χ3v) is 3.11. The molecule has 16 heavy (non-hydrogen) atoms. The Labute approximate surface area is 97.2 Å². The highest BCUT2D eigenvalue weighted by Gasteiger charge is 2.22. The van der Waals surface area contributed by atoms with Crippen molar-refractivity contribution in [2.75, 3.05) is 18.8 Å². The van der Waals surface area contributed by atoms with Gasteiger partial charge >= 0.3 is 0 Å². The minimum atomic E-state index is -0.160. The molecule has 86 valence electrons. The maximum Gasteiger partial charge on any atom is 0.282 e. The zero-order valence-corrected chi connectivity index (χ0v) is 9.46. The van der Waals surface area contributed by atoms with Gasteiger partial charge in [0.15, 0.2) is 0 Å². The van der Waals surface area contributed by atoms with Crippen LogP contribution in [0.3, 0.4) is 0 Å². The molecule has 0 radical (unpaired) electrons. The summed E-state index contributed by atoms with van der Waals surface area (Å²) in [6, 6.07) is 3.55. The van der Waals surface area contributed by atoms with Crippen LogP contribution in [0.4, 0.5) is 4.79 Å². The van der Waals surface area contributed by atoms with Crippen molar-refractivity contribution in [2.45, 2.75) is 6.54 Å². The molecule has 2 heterocycles. The van der Waals surface area contributed by atoms with Crippen molar-refractivity contribution in [1.29, 1.82) is 0 Å². The van der Waals surface area contributed by atoms with Crippen molar-refractivity contribution in [3.63, 3.8) is 0 Å². The van der Waals surface area contributed by atoms with Gasteiger partial charge < -0.3 is 14.6 Å². The van der Waals surface area contributed by atoms with Gasteiger partial charge in [-0.05, 0) is 12.1 Å². The Morgan fingerprint density at radius 3 is 3.12 bits per heavy atom. The van der Waals surface area contributed by atoms with E-state index >= 15 is 0 Å². The van der Waals surface area contributed by atoms with Gasteiger partial charge in [0, 0.05) is 12.3 Å². The molecular formula is C10H12N2O3S. The first-order chi connectivity index (χ1) is 7.75. The second-order valence-electron chi connectivity index (χ2n) is 3.39. The average Bonchev–Trinajstić information content (AvgIpc) is 2.88. The molecule has 6 heteroatoms. The van der Waals surface area contributed by atoms with Gasteiger partial charge in [-0.1, -0.05) is 11.8 Å². The van der Waals surface area contributed by atoms with Gasteiger partial charge in [-0.3, -0.25) is 9.59 Å². The first-order valence-electron chi connectivity index (χ1n) is 4.96. The van der Waals surface area contributed by atoms with Crippen LogP contribution in [-0.4, -0.2) is 34.9 Å². The fourth-order valence-electron chi connectivity index (χ4n) is 1.40. The van der Waals surface area contributed by atoms with Gasteiger partial charge in [0.25, 0.3) is 5.24 Å². The molecule has 0 aromatic carbocycles. The Kier molecular flexibility index (Phi) is 3.51. The lowest BCUT2D eigenvalue weighted by atomic mass is 10.4. The number of hydrogen-bond acceptors (Lipinski definition) is 4. The van der Waals surface area contributed by atoms with Crippen LogP contribution in [0, 0.1) is 0 Å². The molecule has 1 aliphatic heterocycles. The molecule has 0 unspecified atom stereocenters. The van der Waals surface area contributed by atoms with Gasteiger partial charge in [-0.25, -0.2) is 0 Å². The molecule has 0 atom stereocenters. The van der Waals surface area contributed by atoms with Crippen molar-refractivity contribution in [1.82, 2.24) is 10.2 Å². The highest BCUT2D eigenvalue weighted by Crippen LogP contribution is 2.16. The first-order valence-corrected chi connectivity index (χ1v) is 5.95. The van der Waals surface area contributed by atoms with Crippen LogP contribution in [0.2, 0.25) is 0 Å². The number of carbonyl (C=O) groups excluding carboxylic acids is 2. The summed E-state index contributed by atoms with van der Waals surface area (Å²) < 4.78 is 5.08. The second-order valence-corrected chi connectivity index (χ2v) is 4.44. The summed E-state index contributed by atoms with van der Waals surface area (Å²) in [7, 11) is 0. The number of nitrogens with zero attached hydrogens (tertiary/aromatic N) is 1. The number of nitrogens with one attached hydrogen (secondary N) is 1. The van der Waals surface area contributed by atoms with E-state index in [0.717, 1.165) is 5.75 Å². The third kappa shape index (κ3) is 2.79. The molecule has 2 amide bonds. The molecular weight excluding hydrogens is 228 g/mol. The topological polar surface area (TPSA) is 62.6 Å². The smallest absolute Gasteiger partial charge is 0.282 e. The van der Waals surface area contributed by atoms with Crippen molar-refractivity contribution in [3.05, 3.63) is 24.2 Å². The normalized spacial score (nSPS) is 15.5. The van der Waals surface area contributed by atoms with Crippen LogP contribution in [0.1, 0.15) is 5.76 Å². The van der Waals surface area contributed by atoms with Crippen molar-refractivity contribution >= 4 is 22.9 Å². The molecule has 0 spiro atoms. The van der Waals surface area contributed by atoms with Gasteiger partial charge in [0.2, 0.25) is 5.91 Å². The van der Waals surface area contributed by atoms with E-state index in [1.807, 2.05) is 0 Å². The standard InChI is InChI=1S/C10H12N2O3S/c13-9(7-12-3-5-16-10(12)14)11-6-8-2-1-4-15-8/h1-2,4H,3,5-7H2,(H,11,13). The third-order valence-electron chi connectivity index (χ3n) is 2.22. The van der Waals surface area contributed by atoms with Crippen LogP contribution in [0.5, 0.6) is 0 Å². The van der Waals surface area contributed by atoms with Crippen LogP contribution < -0.4 is 5.32 Å². The number of rotatable bonds is 4. The van der Waals surface area contributed by atoms with Crippen LogP contribution in [-0.2, 0) is 11.3 Å². The van der Waals surface area contributed by atoms with E-state index in [-0.39, 0.29) is 17.7 Å². The lowest BCUT2D eigenvalue weighted by molar-refractivity contribution is -0.121. The maximum atomic E-state index is 11.5. The Balaban J connectivity index is 1.74. The van der Waals surface area contributed by atoms with E-state index in [4.69, 9.17) is 4.42 Å². The van der Waals surface area contributed by atoms with E-state index in [9.17, 15) is 9.59 Å². The summed E-state index contributed by atoms with van der Waals surface area (Å²) in [6.45, 7) is 1.14. The lowest BCUT2D eigenvalue weighted by Crippen LogP contribution is -2.36. The molecule has 1 aromatic rings. The fraction of sp³-hybridized carbons (Fsp3) is 0.400. The Hall–Kier alpha value is -1.43. The number of hydrogen-bond donors (Lipinski definition) is 1. The lowest BCUT2D eigenvalue weighted by Gasteiger charge is -2.13. The highest BCUT2D eigenvalue weighted by molar-refractivity contribution is 8.13. The van der Waals surface area contributed by atoms with Crippen molar-refractivity contribution < 1.29 is 14.0 Å². The summed E-state index contributed by atoms with van der Waals surface area (Å²) in [4.78, 5) is 24.3. The molecule has 2 rings (SSSR count). The molecule has 1 fully saturated rings. The second kappa shape index (κ2) is 5.07. The van der Waals surface area contributed by atoms with Crippen molar-refractivity contribution in [2.24, 2.45) is 0 Å². The van der Waals surface area contributed by atoms with Gasteiger partial charge in [-0.15, -0.1) is 0 Å². The molecule has 1 saturated heterocycles. The van der Waals surface area contributed by atoms with E-state index in [0.29, 0.717) is 18.8 Å². The van der Waals surface area contributed by atoms with Gasteiger partial charge in [-0.2, -0.15) is 0 Å². The number of thioether (sulfide) groups is 1. The zero-order chi connectivity index (χ0) is 11.4. The SMILES string of the molecule is O=C(CN1CCSC1=O)NCc1ccco1. The molecule has 0 bridgehead atoms. The number of furan rings is 1. The van der Waals surface area contributed by atoms with E-state index < -0.39 is 0 Å². The van der Waals surface area contributed by atoms with E-state index in [1.165, 1.54) is 11.8 Å². The summed E-state index contributed by atoms with van der Waals surface area (Å²) >= 11 is 1.25. The molecule has 1 aromatic heterocycles. The van der Waals surface area contributed by atoms with Crippen LogP contribution >= 0.6 is 11.8 Å². The quantitative estimate of drug-likeness (QED) is 0.855. The van der Waals surface area contributed by atoms with Crippen LogP contribution in [0.25, 0.3) is 0 Å². The summed E-state index contributed by atoms with van der Waals surface area (Å²) in [5, 5.41) is 2.68. The molecule has 5 nitrogen and oxygen atoms in total. The minimum Gasteiger partial charge on any atom is -0.467 e. The number of amides is 2. The highest BCUT2D eigenvalue weighted by atomic mass is 32.2. The average molecular weight is 240 g/mol. The largest absolute Gasteiger partial charge is 0.467 e. The van der Waals surface area contributed by atoms with Gasteiger partial charge in [0.1, 0.15) is 12.3 Å². The minimum absolute atomic E-state index is 0.0202. The molecule has 1 N–H and O–H groups in total. The summed E-state index contributed by atoms with van der Waals surface area (Å²) in [6.07, 6.45) is 1.56.